The van der Waals surface area contributed by atoms with Crippen molar-refractivity contribution in [3.63, 3.8) is 0 Å². The first-order valence-corrected chi connectivity index (χ1v) is 10.1. The number of nitrogens with one attached hydrogen (secondary N) is 1. The quantitative estimate of drug-likeness (QED) is 0.744. The van der Waals surface area contributed by atoms with Crippen molar-refractivity contribution in [2.75, 3.05) is 13.1 Å². The van der Waals surface area contributed by atoms with Crippen LogP contribution in [0.2, 0.25) is 0 Å². The van der Waals surface area contributed by atoms with E-state index in [9.17, 15) is 9.59 Å². The predicted octanol–water partition coefficient (Wildman–Crippen LogP) is 3.13. The smallest absolute Gasteiger partial charge is 0.342 e. The van der Waals surface area contributed by atoms with Crippen LogP contribution in [0.1, 0.15) is 41.3 Å². The van der Waals surface area contributed by atoms with Gasteiger partial charge in [-0.05, 0) is 44.4 Å². The van der Waals surface area contributed by atoms with Gasteiger partial charge in [0.25, 0.3) is 0 Å². The highest BCUT2D eigenvalue weighted by Gasteiger charge is 2.28. The third kappa shape index (κ3) is 4.16. The SMILES string of the molecule is Cc1ccc(CC(=O)N2CCC(c3n[nH]c(=O)n3-c3ccc(C)cc3)CC2)cc1. The molecular formula is C23H26N4O2. The number of H-pyrrole nitrogens is 1. The lowest BCUT2D eigenvalue weighted by molar-refractivity contribution is -0.131. The van der Waals surface area contributed by atoms with E-state index in [1.54, 1.807) is 4.57 Å². The molecule has 1 aliphatic rings. The Kier molecular flexibility index (Phi) is 5.34. The van der Waals surface area contributed by atoms with Gasteiger partial charge >= 0.3 is 5.69 Å². The molecule has 4 rings (SSSR count). The van der Waals surface area contributed by atoms with Crippen molar-refractivity contribution in [2.24, 2.45) is 0 Å². The fourth-order valence-corrected chi connectivity index (χ4v) is 3.91. The number of hydrogen-bond acceptors (Lipinski definition) is 3. The minimum absolute atomic E-state index is 0.152. The molecule has 0 unspecified atom stereocenters. The molecule has 150 valence electrons. The molecule has 0 atom stereocenters. The van der Waals surface area contributed by atoms with E-state index in [2.05, 4.69) is 10.2 Å². The Balaban J connectivity index is 1.44. The van der Waals surface area contributed by atoms with Crippen LogP contribution in [0.5, 0.6) is 0 Å². The Bertz CT molecular complexity index is 1040. The molecule has 2 aromatic carbocycles. The van der Waals surface area contributed by atoms with Crippen molar-refractivity contribution in [3.8, 4) is 5.69 Å². The molecule has 1 fully saturated rings. The van der Waals surface area contributed by atoms with Crippen LogP contribution >= 0.6 is 0 Å². The summed E-state index contributed by atoms with van der Waals surface area (Å²) in [6.07, 6.45) is 2.03. The molecule has 6 heteroatoms. The molecule has 0 bridgehead atoms. The lowest BCUT2D eigenvalue weighted by Gasteiger charge is -2.31. The van der Waals surface area contributed by atoms with Crippen LogP contribution in [-0.4, -0.2) is 38.7 Å². The third-order valence-electron chi connectivity index (χ3n) is 5.68. The molecular weight excluding hydrogens is 364 g/mol. The Morgan fingerprint density at radius 2 is 1.59 bits per heavy atom. The van der Waals surface area contributed by atoms with Crippen LogP contribution in [-0.2, 0) is 11.2 Å². The standard InChI is InChI=1S/C23H26N4O2/c1-16-3-7-18(8-4-16)15-21(28)26-13-11-19(12-14-26)22-24-25-23(29)27(22)20-9-5-17(2)6-10-20/h3-10,19H,11-15H2,1-2H3,(H,25,29). The molecule has 29 heavy (non-hydrogen) atoms. The first kappa shape index (κ1) is 19.2. The lowest BCUT2D eigenvalue weighted by atomic mass is 9.95. The number of aromatic nitrogens is 3. The van der Waals surface area contributed by atoms with Gasteiger partial charge in [-0.1, -0.05) is 47.5 Å². The highest BCUT2D eigenvalue weighted by atomic mass is 16.2. The maximum Gasteiger partial charge on any atom is 0.347 e. The third-order valence-corrected chi connectivity index (χ3v) is 5.68. The number of piperidine rings is 1. The molecule has 1 aliphatic heterocycles. The monoisotopic (exact) mass is 390 g/mol. The number of carbonyl (C=O) groups excluding carboxylic acids is 1. The highest BCUT2D eigenvalue weighted by molar-refractivity contribution is 5.78. The van der Waals surface area contributed by atoms with Gasteiger partial charge in [-0.2, -0.15) is 5.10 Å². The van der Waals surface area contributed by atoms with Gasteiger partial charge < -0.3 is 4.90 Å². The van der Waals surface area contributed by atoms with Gasteiger partial charge in [-0.3, -0.25) is 4.79 Å². The summed E-state index contributed by atoms with van der Waals surface area (Å²) in [5.41, 5.74) is 3.99. The molecule has 0 saturated carbocycles. The molecule has 2 heterocycles. The van der Waals surface area contributed by atoms with Crippen molar-refractivity contribution in [1.29, 1.82) is 0 Å². The van der Waals surface area contributed by atoms with E-state index in [0.717, 1.165) is 35.5 Å². The lowest BCUT2D eigenvalue weighted by Crippen LogP contribution is -2.39. The van der Waals surface area contributed by atoms with Gasteiger partial charge in [0.05, 0.1) is 12.1 Å². The van der Waals surface area contributed by atoms with Crippen LogP contribution in [0.25, 0.3) is 5.69 Å². The van der Waals surface area contributed by atoms with Crippen molar-refractivity contribution >= 4 is 5.91 Å². The number of nitrogens with zero attached hydrogens (tertiary/aromatic N) is 3. The number of aromatic amines is 1. The maximum atomic E-state index is 12.7. The van der Waals surface area contributed by atoms with Crippen molar-refractivity contribution in [1.82, 2.24) is 19.7 Å². The normalized spacial score (nSPS) is 14.9. The second-order valence-electron chi connectivity index (χ2n) is 7.88. The Labute approximate surface area is 170 Å². The first-order chi connectivity index (χ1) is 14.0. The molecule has 0 spiro atoms. The summed E-state index contributed by atoms with van der Waals surface area (Å²) >= 11 is 0. The average Bonchev–Trinajstić information content (AvgIpc) is 3.12. The van der Waals surface area contributed by atoms with E-state index in [1.165, 1.54) is 5.56 Å². The van der Waals surface area contributed by atoms with Crippen molar-refractivity contribution < 1.29 is 4.79 Å². The zero-order valence-corrected chi connectivity index (χ0v) is 16.9. The van der Waals surface area contributed by atoms with Crippen LogP contribution < -0.4 is 5.69 Å². The topological polar surface area (TPSA) is 71.0 Å². The van der Waals surface area contributed by atoms with E-state index in [-0.39, 0.29) is 17.5 Å². The summed E-state index contributed by atoms with van der Waals surface area (Å²) in [6.45, 7) is 5.43. The van der Waals surface area contributed by atoms with Gasteiger partial charge in [0.1, 0.15) is 5.82 Å². The summed E-state index contributed by atoms with van der Waals surface area (Å²) in [5, 5.41) is 6.90. The number of rotatable bonds is 4. The minimum Gasteiger partial charge on any atom is -0.342 e. The molecule has 1 saturated heterocycles. The Morgan fingerprint density at radius 1 is 1.00 bits per heavy atom. The van der Waals surface area contributed by atoms with Crippen LogP contribution in [0.15, 0.2) is 53.3 Å². The number of carbonyl (C=O) groups is 1. The zero-order chi connectivity index (χ0) is 20.4. The highest BCUT2D eigenvalue weighted by Crippen LogP contribution is 2.27. The van der Waals surface area contributed by atoms with Crippen LogP contribution in [0.4, 0.5) is 0 Å². The summed E-state index contributed by atoms with van der Waals surface area (Å²) < 4.78 is 1.66. The van der Waals surface area contributed by atoms with E-state index >= 15 is 0 Å². The first-order valence-electron chi connectivity index (χ1n) is 10.1. The summed E-state index contributed by atoms with van der Waals surface area (Å²) in [5.74, 6) is 1.06. The van der Waals surface area contributed by atoms with Gasteiger partial charge in [-0.25, -0.2) is 14.5 Å². The molecule has 0 aliphatic carbocycles. The zero-order valence-electron chi connectivity index (χ0n) is 16.9. The summed E-state index contributed by atoms with van der Waals surface area (Å²) in [4.78, 5) is 26.9. The van der Waals surface area contributed by atoms with Crippen LogP contribution in [0, 0.1) is 13.8 Å². The Hall–Kier alpha value is -3.15. The van der Waals surface area contributed by atoms with Gasteiger partial charge in [-0.15, -0.1) is 0 Å². The second kappa shape index (κ2) is 8.07. The fourth-order valence-electron chi connectivity index (χ4n) is 3.91. The van der Waals surface area contributed by atoms with Crippen molar-refractivity contribution in [2.45, 2.75) is 39.0 Å². The largest absolute Gasteiger partial charge is 0.347 e. The van der Waals surface area contributed by atoms with Crippen LogP contribution in [0.3, 0.4) is 0 Å². The average molecular weight is 390 g/mol. The second-order valence-corrected chi connectivity index (χ2v) is 7.88. The van der Waals surface area contributed by atoms with E-state index in [0.29, 0.717) is 19.5 Å². The molecule has 1 amide bonds. The number of aryl methyl sites for hydroxylation is 2. The Morgan fingerprint density at radius 3 is 2.21 bits per heavy atom. The van der Waals surface area contributed by atoms with E-state index in [1.807, 2.05) is 67.3 Å². The number of amides is 1. The minimum atomic E-state index is -0.221. The molecule has 3 aromatic rings. The maximum absolute atomic E-state index is 12.7. The van der Waals surface area contributed by atoms with E-state index < -0.39 is 0 Å². The number of benzene rings is 2. The predicted molar refractivity (Wildman–Crippen MR) is 112 cm³/mol. The number of hydrogen-bond donors (Lipinski definition) is 1. The van der Waals surface area contributed by atoms with E-state index in [4.69, 9.17) is 0 Å². The van der Waals surface area contributed by atoms with Gasteiger partial charge in [0, 0.05) is 19.0 Å². The fraction of sp³-hybridized carbons (Fsp3) is 0.348. The molecule has 6 nitrogen and oxygen atoms in total. The van der Waals surface area contributed by atoms with Gasteiger partial charge in [0.2, 0.25) is 5.91 Å². The van der Waals surface area contributed by atoms with Crippen molar-refractivity contribution in [3.05, 3.63) is 81.5 Å². The van der Waals surface area contributed by atoms with Gasteiger partial charge in [0.15, 0.2) is 0 Å². The number of likely N-dealkylation sites (tertiary alicyclic amines) is 1. The molecule has 1 aromatic heterocycles. The summed E-state index contributed by atoms with van der Waals surface area (Å²) in [7, 11) is 0. The molecule has 0 radical (unpaired) electrons. The molecule has 1 N–H and O–H groups in total. The summed E-state index contributed by atoms with van der Waals surface area (Å²) in [6, 6.07) is 16.0.